The van der Waals surface area contributed by atoms with Gasteiger partial charge in [0.15, 0.2) is 5.75 Å². The first kappa shape index (κ1) is 16.8. The maximum atomic E-state index is 12.6. The average molecular weight is 342 g/mol. The lowest BCUT2D eigenvalue weighted by Gasteiger charge is -2.11. The van der Waals surface area contributed by atoms with Crippen molar-refractivity contribution >= 4 is 10.9 Å². The van der Waals surface area contributed by atoms with E-state index in [1.807, 2.05) is 0 Å². The van der Waals surface area contributed by atoms with Gasteiger partial charge >= 0.3 is 0 Å². The first-order valence-corrected chi connectivity index (χ1v) is 7.57. The standard InChI is InChI=1S/C18H18N2O5/c1-9-5-11(6-10(2)16(9)25-22)17-19-13-7-12(23-3)8-14(24-4)15(13)18(21)20-17/h5-8,22H,1-4H3,(H,19,20,21). The van der Waals surface area contributed by atoms with Crippen LogP contribution in [0.2, 0.25) is 0 Å². The number of fused-ring (bicyclic) bond motifs is 1. The summed E-state index contributed by atoms with van der Waals surface area (Å²) >= 11 is 0. The van der Waals surface area contributed by atoms with Gasteiger partial charge in [0, 0.05) is 17.7 Å². The molecule has 3 rings (SSSR count). The van der Waals surface area contributed by atoms with Gasteiger partial charge in [-0.25, -0.2) is 10.2 Å². The quantitative estimate of drug-likeness (QED) is 0.559. The number of aromatic amines is 1. The largest absolute Gasteiger partial charge is 0.497 e. The Morgan fingerprint density at radius 1 is 1.04 bits per heavy atom. The Morgan fingerprint density at radius 3 is 2.28 bits per heavy atom. The first-order chi connectivity index (χ1) is 12.0. The highest BCUT2D eigenvalue weighted by Crippen LogP contribution is 2.31. The number of nitrogens with zero attached hydrogens (tertiary/aromatic N) is 1. The number of aromatic nitrogens is 2. The van der Waals surface area contributed by atoms with Gasteiger partial charge in [0.1, 0.15) is 22.7 Å². The topological polar surface area (TPSA) is 93.7 Å². The second-order valence-electron chi connectivity index (χ2n) is 5.67. The Balaban J connectivity index is 2.27. The van der Waals surface area contributed by atoms with Gasteiger partial charge in [-0.3, -0.25) is 4.79 Å². The van der Waals surface area contributed by atoms with Crippen molar-refractivity contribution in [3.8, 4) is 28.6 Å². The second-order valence-corrected chi connectivity index (χ2v) is 5.67. The predicted octanol–water partition coefficient (Wildman–Crippen LogP) is 3.08. The Bertz CT molecular complexity index is 987. The first-order valence-electron chi connectivity index (χ1n) is 7.57. The lowest BCUT2D eigenvalue weighted by Crippen LogP contribution is -2.11. The zero-order valence-corrected chi connectivity index (χ0v) is 14.3. The number of hydrogen-bond donors (Lipinski definition) is 2. The van der Waals surface area contributed by atoms with Crippen LogP contribution in [0.3, 0.4) is 0 Å². The molecule has 25 heavy (non-hydrogen) atoms. The van der Waals surface area contributed by atoms with Crippen molar-refractivity contribution in [2.75, 3.05) is 14.2 Å². The summed E-state index contributed by atoms with van der Waals surface area (Å²) in [6, 6.07) is 6.88. The molecule has 1 heterocycles. The highest BCUT2D eigenvalue weighted by Gasteiger charge is 2.14. The fourth-order valence-corrected chi connectivity index (χ4v) is 2.86. The fourth-order valence-electron chi connectivity index (χ4n) is 2.86. The molecule has 130 valence electrons. The van der Waals surface area contributed by atoms with Crippen LogP contribution in [0.1, 0.15) is 11.1 Å². The van der Waals surface area contributed by atoms with Gasteiger partial charge in [-0.1, -0.05) is 0 Å². The number of nitrogens with one attached hydrogen (secondary N) is 1. The number of rotatable bonds is 4. The van der Waals surface area contributed by atoms with E-state index < -0.39 is 0 Å². The van der Waals surface area contributed by atoms with Crippen LogP contribution in [-0.4, -0.2) is 29.4 Å². The number of aryl methyl sites for hydroxylation is 2. The van der Waals surface area contributed by atoms with E-state index in [1.54, 1.807) is 38.1 Å². The maximum Gasteiger partial charge on any atom is 0.262 e. The van der Waals surface area contributed by atoms with Crippen LogP contribution in [0, 0.1) is 13.8 Å². The molecule has 0 radical (unpaired) electrons. The van der Waals surface area contributed by atoms with E-state index in [0.717, 1.165) is 11.1 Å². The molecule has 2 N–H and O–H groups in total. The molecule has 0 fully saturated rings. The predicted molar refractivity (Wildman–Crippen MR) is 93.6 cm³/mol. The lowest BCUT2D eigenvalue weighted by molar-refractivity contribution is -0.138. The van der Waals surface area contributed by atoms with E-state index in [0.29, 0.717) is 39.5 Å². The summed E-state index contributed by atoms with van der Waals surface area (Å²) in [6.07, 6.45) is 0. The molecule has 1 aromatic heterocycles. The summed E-state index contributed by atoms with van der Waals surface area (Å²) in [5.74, 6) is 1.73. The van der Waals surface area contributed by atoms with Crippen LogP contribution in [0.25, 0.3) is 22.3 Å². The normalized spacial score (nSPS) is 10.8. The number of H-pyrrole nitrogens is 1. The van der Waals surface area contributed by atoms with Crippen molar-refractivity contribution in [3.63, 3.8) is 0 Å². The lowest BCUT2D eigenvalue weighted by atomic mass is 10.0. The summed E-state index contributed by atoms with van der Waals surface area (Å²) in [5.41, 5.74) is 2.31. The fraction of sp³-hybridized carbons (Fsp3) is 0.222. The van der Waals surface area contributed by atoms with Crippen molar-refractivity contribution in [1.29, 1.82) is 0 Å². The number of methoxy groups -OCH3 is 2. The van der Waals surface area contributed by atoms with Gasteiger partial charge in [0.2, 0.25) is 0 Å². The third-order valence-corrected chi connectivity index (χ3v) is 4.03. The molecule has 2 aromatic carbocycles. The summed E-state index contributed by atoms with van der Waals surface area (Å²) in [7, 11) is 3.02. The average Bonchev–Trinajstić information content (AvgIpc) is 2.60. The minimum Gasteiger partial charge on any atom is -0.497 e. The van der Waals surface area contributed by atoms with Crippen LogP contribution in [0.4, 0.5) is 0 Å². The van der Waals surface area contributed by atoms with E-state index >= 15 is 0 Å². The Kier molecular flexibility index (Phi) is 4.33. The van der Waals surface area contributed by atoms with E-state index in [-0.39, 0.29) is 5.56 Å². The monoisotopic (exact) mass is 342 g/mol. The summed E-state index contributed by atoms with van der Waals surface area (Å²) in [4.78, 5) is 24.3. The van der Waals surface area contributed by atoms with E-state index in [1.165, 1.54) is 14.2 Å². The van der Waals surface area contributed by atoms with E-state index in [9.17, 15) is 4.79 Å². The SMILES string of the molecule is COc1cc(OC)c2c(=O)[nH]c(-c3cc(C)c(OO)c(C)c3)nc2c1. The van der Waals surface area contributed by atoms with Crippen molar-refractivity contribution in [2.45, 2.75) is 13.8 Å². The van der Waals surface area contributed by atoms with Gasteiger partial charge in [0.05, 0.1) is 19.7 Å². The second kappa shape index (κ2) is 6.45. The molecule has 0 aliphatic rings. The number of benzene rings is 2. The number of hydrogen-bond acceptors (Lipinski definition) is 6. The van der Waals surface area contributed by atoms with Crippen molar-refractivity contribution in [2.24, 2.45) is 0 Å². The highest BCUT2D eigenvalue weighted by molar-refractivity contribution is 5.87. The van der Waals surface area contributed by atoms with Gasteiger partial charge in [-0.05, 0) is 37.1 Å². The van der Waals surface area contributed by atoms with Crippen molar-refractivity contribution < 1.29 is 19.6 Å². The molecular weight excluding hydrogens is 324 g/mol. The number of ether oxygens (including phenoxy) is 2. The molecule has 0 aliphatic carbocycles. The van der Waals surface area contributed by atoms with Crippen molar-refractivity contribution in [3.05, 3.63) is 45.7 Å². The summed E-state index contributed by atoms with van der Waals surface area (Å²) in [5, 5.41) is 9.32. The minimum atomic E-state index is -0.308. The zero-order valence-electron chi connectivity index (χ0n) is 14.3. The molecule has 0 spiro atoms. The molecule has 0 saturated heterocycles. The molecule has 0 bridgehead atoms. The van der Waals surface area contributed by atoms with Crippen LogP contribution < -0.4 is 19.9 Å². The van der Waals surface area contributed by atoms with Crippen LogP contribution in [0.15, 0.2) is 29.1 Å². The smallest absolute Gasteiger partial charge is 0.262 e. The molecule has 0 atom stereocenters. The van der Waals surface area contributed by atoms with Gasteiger partial charge in [-0.2, -0.15) is 0 Å². The van der Waals surface area contributed by atoms with Gasteiger partial charge < -0.3 is 19.3 Å². The molecule has 0 aliphatic heterocycles. The molecule has 0 unspecified atom stereocenters. The van der Waals surface area contributed by atoms with Crippen molar-refractivity contribution in [1.82, 2.24) is 9.97 Å². The maximum absolute atomic E-state index is 12.6. The van der Waals surface area contributed by atoms with E-state index in [4.69, 9.17) is 14.7 Å². The molecular formula is C18H18N2O5. The molecule has 7 nitrogen and oxygen atoms in total. The molecule has 0 saturated carbocycles. The third-order valence-electron chi connectivity index (χ3n) is 4.03. The van der Waals surface area contributed by atoms with E-state index in [2.05, 4.69) is 14.9 Å². The molecule has 7 heteroatoms. The Labute approximate surface area is 143 Å². The zero-order chi connectivity index (χ0) is 18.1. The molecule has 0 amide bonds. The van der Waals surface area contributed by atoms with Crippen LogP contribution in [0.5, 0.6) is 17.2 Å². The Hall–Kier alpha value is -3.06. The van der Waals surface area contributed by atoms with Crippen LogP contribution >= 0.6 is 0 Å². The van der Waals surface area contributed by atoms with Gasteiger partial charge in [-0.15, -0.1) is 0 Å². The summed E-state index contributed by atoms with van der Waals surface area (Å²) in [6.45, 7) is 3.60. The highest BCUT2D eigenvalue weighted by atomic mass is 17.1. The molecule has 3 aromatic rings. The summed E-state index contributed by atoms with van der Waals surface area (Å²) < 4.78 is 10.5. The minimum absolute atomic E-state index is 0.308. The third kappa shape index (κ3) is 2.89. The Morgan fingerprint density at radius 2 is 1.72 bits per heavy atom. The van der Waals surface area contributed by atoms with Gasteiger partial charge in [0.25, 0.3) is 5.56 Å². The van der Waals surface area contributed by atoms with Crippen LogP contribution in [-0.2, 0) is 0 Å².